The predicted octanol–water partition coefficient (Wildman–Crippen LogP) is 7.06. The van der Waals surface area contributed by atoms with E-state index >= 15 is 0 Å². The molecule has 0 radical (unpaired) electrons. The van der Waals surface area contributed by atoms with Crippen molar-refractivity contribution in [2.24, 2.45) is 0 Å². The number of aryl methyl sites for hydroxylation is 1. The Bertz CT molecular complexity index is 1600. The summed E-state index contributed by atoms with van der Waals surface area (Å²) < 4.78 is 32.1. The zero-order valence-electron chi connectivity index (χ0n) is 19.9. The van der Waals surface area contributed by atoms with E-state index in [0.29, 0.717) is 5.82 Å². The molecular weight excluding hydrogens is 454 g/mol. The molecule has 35 heavy (non-hydrogen) atoms. The topological polar surface area (TPSA) is 64.0 Å². The van der Waals surface area contributed by atoms with Crippen LogP contribution in [0.2, 0.25) is 0 Å². The second kappa shape index (κ2) is 9.04. The molecule has 6 heteroatoms. The van der Waals surface area contributed by atoms with Crippen LogP contribution in [0.25, 0.3) is 33.3 Å². The zero-order chi connectivity index (χ0) is 24.6. The van der Waals surface area contributed by atoms with Crippen LogP contribution in [0.3, 0.4) is 0 Å². The molecule has 0 fully saturated rings. The third kappa shape index (κ3) is 4.21. The Morgan fingerprint density at radius 3 is 2.14 bits per heavy atom. The average molecular weight is 482 g/mol. The number of nitrogens with zero attached hydrogens (tertiary/aromatic N) is 2. The lowest BCUT2D eigenvalue weighted by Gasteiger charge is -2.18. The maximum absolute atomic E-state index is 13.6. The van der Waals surface area contributed by atoms with Crippen molar-refractivity contribution in [3.63, 3.8) is 0 Å². The number of hydrogen-bond acceptors (Lipinski definition) is 3. The van der Waals surface area contributed by atoms with Crippen molar-refractivity contribution in [3.8, 4) is 22.4 Å². The Balaban J connectivity index is 1.80. The highest BCUT2D eigenvalue weighted by molar-refractivity contribution is 7.92. The molecule has 0 spiro atoms. The average Bonchev–Trinajstić information content (AvgIpc) is 3.18. The molecule has 0 bridgehead atoms. The molecule has 5 aromatic rings. The van der Waals surface area contributed by atoms with Crippen LogP contribution in [-0.2, 0) is 10.0 Å². The minimum Gasteiger partial charge on any atom is -0.324 e. The lowest BCUT2D eigenvalue weighted by Crippen LogP contribution is -2.17. The number of sulfonamides is 1. The molecule has 176 valence electrons. The molecule has 0 saturated heterocycles. The lowest BCUT2D eigenvalue weighted by molar-refractivity contribution is 0.598. The number of para-hydroxylation sites is 1. The maximum atomic E-state index is 13.6. The van der Waals surface area contributed by atoms with Crippen LogP contribution in [0.1, 0.15) is 25.5 Å². The van der Waals surface area contributed by atoms with Gasteiger partial charge in [0.2, 0.25) is 0 Å². The Morgan fingerprint density at radius 2 is 1.46 bits per heavy atom. The molecule has 5 rings (SSSR count). The molecule has 2 aromatic heterocycles. The molecule has 0 saturated carbocycles. The van der Waals surface area contributed by atoms with Crippen molar-refractivity contribution in [2.45, 2.75) is 31.7 Å². The van der Waals surface area contributed by atoms with E-state index in [2.05, 4.69) is 28.1 Å². The lowest BCUT2D eigenvalue weighted by atomic mass is 9.96. The normalized spacial score (nSPS) is 11.8. The van der Waals surface area contributed by atoms with E-state index in [4.69, 9.17) is 0 Å². The van der Waals surface area contributed by atoms with E-state index in [-0.39, 0.29) is 10.9 Å². The van der Waals surface area contributed by atoms with E-state index < -0.39 is 10.0 Å². The van der Waals surface area contributed by atoms with Gasteiger partial charge in [-0.3, -0.25) is 9.71 Å². The summed E-state index contributed by atoms with van der Waals surface area (Å²) in [6.45, 7) is 6.06. The number of nitrogens with one attached hydrogen (secondary N) is 1. The molecule has 0 unspecified atom stereocenters. The first-order valence-electron chi connectivity index (χ1n) is 11.6. The fraction of sp³-hybridized carbons (Fsp3) is 0.138. The van der Waals surface area contributed by atoms with Crippen molar-refractivity contribution < 1.29 is 8.42 Å². The molecule has 2 heterocycles. The van der Waals surface area contributed by atoms with Crippen molar-refractivity contribution in [2.75, 3.05) is 4.72 Å². The highest BCUT2D eigenvalue weighted by Crippen LogP contribution is 2.44. The first-order chi connectivity index (χ1) is 16.9. The fourth-order valence-electron chi connectivity index (χ4n) is 4.52. The Hall–Kier alpha value is -3.90. The molecule has 0 atom stereocenters. The molecule has 5 nitrogen and oxygen atoms in total. The smallest absolute Gasteiger partial charge is 0.263 e. The first-order valence-corrected chi connectivity index (χ1v) is 13.1. The summed E-state index contributed by atoms with van der Waals surface area (Å²) in [5.74, 6) is 0.546. The van der Waals surface area contributed by atoms with Gasteiger partial charge < -0.3 is 4.57 Å². The van der Waals surface area contributed by atoms with Crippen LogP contribution >= 0.6 is 0 Å². The quantitative estimate of drug-likeness (QED) is 0.282. The Morgan fingerprint density at radius 1 is 0.800 bits per heavy atom. The Labute approximate surface area is 206 Å². The minimum atomic E-state index is -3.83. The highest BCUT2D eigenvalue weighted by atomic mass is 32.2. The van der Waals surface area contributed by atoms with Crippen molar-refractivity contribution in [3.05, 3.63) is 103 Å². The van der Waals surface area contributed by atoms with E-state index in [1.165, 1.54) is 0 Å². The van der Waals surface area contributed by atoms with Crippen LogP contribution in [0.4, 0.5) is 5.82 Å². The number of rotatable bonds is 6. The predicted molar refractivity (Wildman–Crippen MR) is 143 cm³/mol. The second-order valence-electron chi connectivity index (χ2n) is 8.88. The first kappa shape index (κ1) is 22.9. The van der Waals surface area contributed by atoms with Crippen LogP contribution < -0.4 is 4.72 Å². The monoisotopic (exact) mass is 481 g/mol. The summed E-state index contributed by atoms with van der Waals surface area (Å²) in [6.07, 6.45) is 1.77. The number of aromatic nitrogens is 2. The van der Waals surface area contributed by atoms with Crippen LogP contribution in [0, 0.1) is 6.92 Å². The van der Waals surface area contributed by atoms with E-state index in [1.54, 1.807) is 18.3 Å². The maximum Gasteiger partial charge on any atom is 0.263 e. The number of benzene rings is 3. The van der Waals surface area contributed by atoms with Gasteiger partial charge in [0.15, 0.2) is 0 Å². The van der Waals surface area contributed by atoms with Gasteiger partial charge in [0.25, 0.3) is 10.0 Å². The van der Waals surface area contributed by atoms with Gasteiger partial charge in [0, 0.05) is 28.8 Å². The standard InChI is InChI=1S/C29H27N3O2S/c1-20(2)32-27-14-7-6-12-25(27)28(24-11-5-4-10-23(24)26-13-8-9-19-30-26)29(32)31-35(33,34)22-17-15-21(3)16-18-22/h4-20,31H,1-3H3. The molecule has 0 aliphatic carbocycles. The molecular formula is C29H27N3O2S. The number of pyridine rings is 1. The van der Waals surface area contributed by atoms with E-state index in [0.717, 1.165) is 38.9 Å². The van der Waals surface area contributed by atoms with Crippen molar-refractivity contribution in [1.82, 2.24) is 9.55 Å². The number of hydrogen-bond donors (Lipinski definition) is 1. The molecule has 0 amide bonds. The molecule has 3 aromatic carbocycles. The van der Waals surface area contributed by atoms with Gasteiger partial charge in [-0.1, -0.05) is 66.2 Å². The van der Waals surface area contributed by atoms with Gasteiger partial charge in [-0.25, -0.2) is 8.42 Å². The van der Waals surface area contributed by atoms with Gasteiger partial charge in [-0.05, 0) is 56.7 Å². The number of fused-ring (bicyclic) bond motifs is 1. The van der Waals surface area contributed by atoms with Gasteiger partial charge in [0.05, 0.1) is 16.1 Å². The molecule has 1 N–H and O–H groups in total. The van der Waals surface area contributed by atoms with Crippen molar-refractivity contribution in [1.29, 1.82) is 0 Å². The van der Waals surface area contributed by atoms with E-state index in [1.807, 2.05) is 85.8 Å². The highest BCUT2D eigenvalue weighted by Gasteiger charge is 2.26. The van der Waals surface area contributed by atoms with Gasteiger partial charge >= 0.3 is 0 Å². The third-order valence-electron chi connectivity index (χ3n) is 6.13. The van der Waals surface area contributed by atoms with Gasteiger partial charge in [0.1, 0.15) is 5.82 Å². The minimum absolute atomic E-state index is 0.0198. The second-order valence-corrected chi connectivity index (χ2v) is 10.6. The molecule has 0 aliphatic heterocycles. The third-order valence-corrected chi connectivity index (χ3v) is 7.48. The largest absolute Gasteiger partial charge is 0.324 e. The summed E-state index contributed by atoms with van der Waals surface area (Å²) in [5.41, 5.74) is 5.50. The van der Waals surface area contributed by atoms with Crippen LogP contribution in [0.5, 0.6) is 0 Å². The molecule has 0 aliphatic rings. The summed E-state index contributed by atoms with van der Waals surface area (Å²) in [6, 6.07) is 28.8. The summed E-state index contributed by atoms with van der Waals surface area (Å²) in [4.78, 5) is 4.80. The zero-order valence-corrected chi connectivity index (χ0v) is 20.8. The number of anilines is 1. The fourth-order valence-corrected chi connectivity index (χ4v) is 5.59. The Kier molecular flexibility index (Phi) is 5.91. The summed E-state index contributed by atoms with van der Waals surface area (Å²) in [7, 11) is -3.83. The van der Waals surface area contributed by atoms with E-state index in [9.17, 15) is 8.42 Å². The summed E-state index contributed by atoms with van der Waals surface area (Å²) in [5, 5.41) is 0.978. The summed E-state index contributed by atoms with van der Waals surface area (Å²) >= 11 is 0. The van der Waals surface area contributed by atoms with Crippen LogP contribution in [-0.4, -0.2) is 18.0 Å². The van der Waals surface area contributed by atoms with Gasteiger partial charge in [-0.2, -0.15) is 0 Å². The van der Waals surface area contributed by atoms with Crippen molar-refractivity contribution >= 4 is 26.7 Å². The van der Waals surface area contributed by atoms with Gasteiger partial charge in [-0.15, -0.1) is 0 Å². The van der Waals surface area contributed by atoms with Crippen LogP contribution in [0.15, 0.2) is 102 Å². The SMILES string of the molecule is Cc1ccc(S(=O)(=O)Nc2c(-c3ccccc3-c3ccccn3)c3ccccc3n2C(C)C)cc1.